The van der Waals surface area contributed by atoms with Crippen LogP contribution in [0.4, 0.5) is 4.39 Å². The van der Waals surface area contributed by atoms with Crippen LogP contribution in [-0.4, -0.2) is 21.1 Å². The third kappa shape index (κ3) is 1.52. The molecule has 0 unspecified atom stereocenters. The third-order valence-corrected chi connectivity index (χ3v) is 1.76. The summed E-state index contributed by atoms with van der Waals surface area (Å²) in [5.41, 5.74) is 0.811. The van der Waals surface area contributed by atoms with Gasteiger partial charge in [0.05, 0.1) is 5.69 Å². The summed E-state index contributed by atoms with van der Waals surface area (Å²) in [7, 11) is 0. The van der Waals surface area contributed by atoms with Crippen molar-refractivity contribution in [2.45, 2.75) is 0 Å². The van der Waals surface area contributed by atoms with E-state index >= 15 is 0 Å². The van der Waals surface area contributed by atoms with Crippen molar-refractivity contribution in [3.8, 4) is 5.69 Å². The number of carbonyl (C=O) groups is 1. The first-order valence-electron chi connectivity index (χ1n) is 3.90. The molecule has 0 spiro atoms. The molecule has 0 amide bonds. The Morgan fingerprint density at radius 1 is 1.21 bits per heavy atom. The molecule has 70 valence electrons. The van der Waals surface area contributed by atoms with Crippen LogP contribution in [0.25, 0.3) is 5.69 Å². The Bertz CT molecular complexity index is 453. The first-order valence-corrected chi connectivity index (χ1v) is 3.90. The lowest BCUT2D eigenvalue weighted by Crippen LogP contribution is -1.93. The van der Waals surface area contributed by atoms with Gasteiger partial charge in [0, 0.05) is 5.56 Å². The SMILES string of the molecule is O=Cc1cc(F)cc(-n2cnnc2)c1. The number of rotatable bonds is 2. The van der Waals surface area contributed by atoms with Crippen LogP contribution in [0.2, 0.25) is 0 Å². The maximum Gasteiger partial charge on any atom is 0.150 e. The highest BCUT2D eigenvalue weighted by atomic mass is 19.1. The van der Waals surface area contributed by atoms with E-state index in [4.69, 9.17) is 0 Å². The van der Waals surface area contributed by atoms with Crippen molar-refractivity contribution < 1.29 is 9.18 Å². The van der Waals surface area contributed by atoms with Gasteiger partial charge < -0.3 is 0 Å². The van der Waals surface area contributed by atoms with Crippen LogP contribution < -0.4 is 0 Å². The maximum absolute atomic E-state index is 13.0. The normalized spacial score (nSPS) is 10.1. The molecule has 1 aromatic heterocycles. The van der Waals surface area contributed by atoms with Crippen LogP contribution in [0.1, 0.15) is 10.4 Å². The van der Waals surface area contributed by atoms with Crippen LogP contribution >= 0.6 is 0 Å². The summed E-state index contributed by atoms with van der Waals surface area (Å²) in [4.78, 5) is 10.5. The largest absolute Gasteiger partial charge is 0.298 e. The summed E-state index contributed by atoms with van der Waals surface area (Å²) in [5.74, 6) is -0.460. The van der Waals surface area contributed by atoms with Gasteiger partial charge >= 0.3 is 0 Å². The van der Waals surface area contributed by atoms with Gasteiger partial charge in [0.2, 0.25) is 0 Å². The lowest BCUT2D eigenvalue weighted by molar-refractivity contribution is 0.112. The first-order chi connectivity index (χ1) is 6.79. The van der Waals surface area contributed by atoms with Crippen LogP contribution in [0.5, 0.6) is 0 Å². The van der Waals surface area contributed by atoms with Crippen molar-refractivity contribution in [3.05, 3.63) is 42.2 Å². The van der Waals surface area contributed by atoms with E-state index in [2.05, 4.69) is 10.2 Å². The van der Waals surface area contributed by atoms with E-state index < -0.39 is 5.82 Å². The Morgan fingerprint density at radius 2 is 1.93 bits per heavy atom. The van der Waals surface area contributed by atoms with Gasteiger partial charge in [0.15, 0.2) is 0 Å². The number of carbonyl (C=O) groups excluding carboxylic acids is 1. The summed E-state index contributed by atoms with van der Waals surface area (Å²) in [6, 6.07) is 4.02. The molecule has 0 radical (unpaired) electrons. The fourth-order valence-corrected chi connectivity index (χ4v) is 1.15. The van der Waals surface area contributed by atoms with E-state index in [1.165, 1.54) is 29.4 Å². The molecular weight excluding hydrogens is 185 g/mol. The molecule has 0 aliphatic heterocycles. The fourth-order valence-electron chi connectivity index (χ4n) is 1.15. The fraction of sp³-hybridized carbons (Fsp3) is 0. The molecule has 1 heterocycles. The number of benzene rings is 1. The Hall–Kier alpha value is -2.04. The van der Waals surface area contributed by atoms with Gasteiger partial charge in [0.1, 0.15) is 24.8 Å². The average molecular weight is 191 g/mol. The highest BCUT2D eigenvalue weighted by Gasteiger charge is 2.01. The molecule has 0 saturated heterocycles. The zero-order chi connectivity index (χ0) is 9.97. The Morgan fingerprint density at radius 3 is 2.57 bits per heavy atom. The summed E-state index contributed by atoms with van der Waals surface area (Å²) >= 11 is 0. The molecule has 0 atom stereocenters. The van der Waals surface area contributed by atoms with E-state index in [0.29, 0.717) is 12.0 Å². The van der Waals surface area contributed by atoms with Crippen LogP contribution in [-0.2, 0) is 0 Å². The van der Waals surface area contributed by atoms with Gasteiger partial charge in [-0.05, 0) is 18.2 Å². The molecule has 2 rings (SSSR count). The molecular formula is C9H6FN3O. The zero-order valence-electron chi connectivity index (χ0n) is 7.09. The molecule has 0 saturated carbocycles. The maximum atomic E-state index is 13.0. The number of aromatic nitrogens is 3. The molecule has 14 heavy (non-hydrogen) atoms. The van der Waals surface area contributed by atoms with Crippen LogP contribution in [0, 0.1) is 5.82 Å². The first kappa shape index (κ1) is 8.55. The Kier molecular flexibility index (Phi) is 2.06. The van der Waals surface area contributed by atoms with Crippen LogP contribution in [0.15, 0.2) is 30.9 Å². The lowest BCUT2D eigenvalue weighted by Gasteiger charge is -2.01. The molecule has 0 aliphatic rings. The molecule has 2 aromatic rings. The minimum Gasteiger partial charge on any atom is -0.298 e. The highest BCUT2D eigenvalue weighted by Crippen LogP contribution is 2.11. The Labute approximate surface area is 79.0 Å². The van der Waals surface area contributed by atoms with Gasteiger partial charge in [0.25, 0.3) is 0 Å². The van der Waals surface area contributed by atoms with Crippen LogP contribution in [0.3, 0.4) is 0 Å². The van der Waals surface area contributed by atoms with E-state index in [1.54, 1.807) is 6.07 Å². The van der Waals surface area contributed by atoms with Gasteiger partial charge in [-0.25, -0.2) is 4.39 Å². The van der Waals surface area contributed by atoms with E-state index in [-0.39, 0.29) is 5.56 Å². The molecule has 0 bridgehead atoms. The molecule has 0 fully saturated rings. The topological polar surface area (TPSA) is 47.8 Å². The minimum atomic E-state index is -0.460. The van der Waals surface area contributed by atoms with Crippen molar-refractivity contribution in [1.82, 2.24) is 14.8 Å². The molecule has 1 aromatic carbocycles. The monoisotopic (exact) mass is 191 g/mol. The molecule has 0 aliphatic carbocycles. The van der Waals surface area contributed by atoms with Crippen molar-refractivity contribution in [1.29, 1.82) is 0 Å². The van der Waals surface area contributed by atoms with Gasteiger partial charge in [-0.15, -0.1) is 10.2 Å². The van der Waals surface area contributed by atoms with Crippen molar-refractivity contribution in [2.75, 3.05) is 0 Å². The predicted octanol–water partition coefficient (Wildman–Crippen LogP) is 1.22. The number of nitrogens with zero attached hydrogens (tertiary/aromatic N) is 3. The molecule has 0 N–H and O–H groups in total. The second-order valence-electron chi connectivity index (χ2n) is 2.73. The summed E-state index contributed by atoms with van der Waals surface area (Å²) < 4.78 is 14.5. The van der Waals surface area contributed by atoms with E-state index in [9.17, 15) is 9.18 Å². The lowest BCUT2D eigenvalue weighted by atomic mass is 10.2. The summed E-state index contributed by atoms with van der Waals surface area (Å²) in [6.07, 6.45) is 3.46. The quantitative estimate of drug-likeness (QED) is 0.670. The van der Waals surface area contributed by atoms with Gasteiger partial charge in [-0.1, -0.05) is 0 Å². The number of hydrogen-bond donors (Lipinski definition) is 0. The summed E-state index contributed by atoms with van der Waals surface area (Å²) in [5, 5.41) is 7.17. The second-order valence-corrected chi connectivity index (χ2v) is 2.73. The molecule has 4 nitrogen and oxygen atoms in total. The van der Waals surface area contributed by atoms with Crippen molar-refractivity contribution >= 4 is 6.29 Å². The number of halogens is 1. The second kappa shape index (κ2) is 3.37. The Balaban J connectivity index is 2.54. The smallest absolute Gasteiger partial charge is 0.150 e. The van der Waals surface area contributed by atoms with E-state index in [0.717, 1.165) is 0 Å². The van der Waals surface area contributed by atoms with Crippen molar-refractivity contribution in [2.24, 2.45) is 0 Å². The zero-order valence-corrected chi connectivity index (χ0v) is 7.09. The minimum absolute atomic E-state index is 0.286. The number of hydrogen-bond acceptors (Lipinski definition) is 3. The standard InChI is InChI=1S/C9H6FN3O/c10-8-1-7(4-14)2-9(3-8)13-5-11-12-6-13/h1-6H. The highest BCUT2D eigenvalue weighted by molar-refractivity contribution is 5.75. The van der Waals surface area contributed by atoms with E-state index in [1.807, 2.05) is 0 Å². The average Bonchev–Trinajstić information content (AvgIpc) is 2.69. The third-order valence-electron chi connectivity index (χ3n) is 1.76. The number of aldehydes is 1. The van der Waals surface area contributed by atoms with Gasteiger partial charge in [-0.2, -0.15) is 0 Å². The predicted molar refractivity (Wildman–Crippen MR) is 46.7 cm³/mol. The molecule has 5 heteroatoms. The van der Waals surface area contributed by atoms with Gasteiger partial charge in [-0.3, -0.25) is 9.36 Å². The summed E-state index contributed by atoms with van der Waals surface area (Å²) in [6.45, 7) is 0. The van der Waals surface area contributed by atoms with Crippen molar-refractivity contribution in [3.63, 3.8) is 0 Å².